The molecule has 2 aromatic carbocycles. The minimum absolute atomic E-state index is 0.142. The summed E-state index contributed by atoms with van der Waals surface area (Å²) in [4.78, 5) is 19.2. The third kappa shape index (κ3) is 3.17. The predicted molar refractivity (Wildman–Crippen MR) is 117 cm³/mol. The summed E-state index contributed by atoms with van der Waals surface area (Å²) >= 11 is 12.3. The van der Waals surface area contributed by atoms with Crippen molar-refractivity contribution in [2.24, 2.45) is 0 Å². The third-order valence-corrected chi connectivity index (χ3v) is 5.77. The van der Waals surface area contributed by atoms with E-state index < -0.39 is 0 Å². The summed E-state index contributed by atoms with van der Waals surface area (Å²) in [5.74, 6) is -0.444. The number of halogens is 2. The third-order valence-electron chi connectivity index (χ3n) is 5.21. The average Bonchev–Trinajstić information content (AvgIpc) is 3.13. The molecule has 29 heavy (non-hydrogen) atoms. The fourth-order valence-corrected chi connectivity index (χ4v) is 4.21. The Bertz CT molecular complexity index is 1200. The van der Waals surface area contributed by atoms with Crippen LogP contribution >= 0.6 is 23.2 Å². The van der Waals surface area contributed by atoms with Crippen molar-refractivity contribution in [3.63, 3.8) is 0 Å². The molecule has 3 aliphatic rings. The second-order valence-corrected chi connectivity index (χ2v) is 7.64. The summed E-state index contributed by atoms with van der Waals surface area (Å²) in [7, 11) is 0. The van der Waals surface area contributed by atoms with Crippen LogP contribution in [-0.4, -0.2) is 47.8 Å². The van der Waals surface area contributed by atoms with E-state index in [1.807, 2.05) is 30.3 Å². The van der Waals surface area contributed by atoms with Gasteiger partial charge in [0.1, 0.15) is 5.88 Å². The number of hydrogen-bond donors (Lipinski definition) is 1. The number of nitrogens with one attached hydrogen (secondary N) is 1. The van der Waals surface area contributed by atoms with Crippen molar-refractivity contribution in [1.82, 2.24) is 9.66 Å². The van der Waals surface area contributed by atoms with Gasteiger partial charge >= 0.3 is 0 Å². The molecule has 0 aliphatic carbocycles. The van der Waals surface area contributed by atoms with Gasteiger partial charge in [0, 0.05) is 29.5 Å². The molecule has 0 bridgehead atoms. The Balaban J connectivity index is 1.78. The average molecular weight is 429 g/mol. The zero-order valence-electron chi connectivity index (χ0n) is 15.5. The molecule has 0 saturated carbocycles. The number of pyridine rings is 1. The monoisotopic (exact) mass is 428 g/mol. The van der Waals surface area contributed by atoms with E-state index >= 15 is 0 Å². The summed E-state index contributed by atoms with van der Waals surface area (Å²) in [6.07, 6.45) is 0. The molecule has 2 aromatic rings. The normalized spacial score (nSPS) is 14.8. The van der Waals surface area contributed by atoms with E-state index in [1.165, 1.54) is 0 Å². The molecule has 148 valence electrons. The van der Waals surface area contributed by atoms with E-state index in [0.717, 1.165) is 65.2 Å². The van der Waals surface area contributed by atoms with E-state index in [1.54, 1.807) is 4.68 Å². The molecule has 1 amide bonds. The number of aromatic nitrogens is 2. The minimum atomic E-state index is -0.302. The lowest BCUT2D eigenvalue weighted by molar-refractivity contribution is -0.114. The first kappa shape index (κ1) is 18.5. The summed E-state index contributed by atoms with van der Waals surface area (Å²) in [5.41, 5.74) is 7.16. The number of morpholine rings is 1. The molecule has 1 fully saturated rings. The van der Waals surface area contributed by atoms with Crippen LogP contribution < -0.4 is 10.3 Å². The van der Waals surface area contributed by atoms with Gasteiger partial charge in [-0.25, -0.2) is 4.98 Å². The number of fused-ring (bicyclic) bond motifs is 4. The SMILES string of the molecule is O=C(CCl)Nn1c2c3c(Cl)cccc3nc-2cc2cc(N3CCOCC3)ccc21. The Hall–Kier alpha value is -2.54. The quantitative estimate of drug-likeness (QED) is 0.499. The van der Waals surface area contributed by atoms with E-state index in [2.05, 4.69) is 22.5 Å². The van der Waals surface area contributed by atoms with Crippen LogP contribution in [0, 0.1) is 0 Å². The Labute approximate surface area is 177 Å². The molecule has 0 radical (unpaired) electrons. The van der Waals surface area contributed by atoms with Gasteiger partial charge in [0.15, 0.2) is 0 Å². The van der Waals surface area contributed by atoms with Gasteiger partial charge < -0.3 is 9.64 Å². The highest BCUT2D eigenvalue weighted by Gasteiger charge is 2.22. The van der Waals surface area contributed by atoms with Crippen LogP contribution in [0.3, 0.4) is 0 Å². The van der Waals surface area contributed by atoms with Crippen molar-refractivity contribution in [2.45, 2.75) is 0 Å². The minimum Gasteiger partial charge on any atom is -0.378 e. The molecule has 0 aromatic heterocycles. The zero-order chi connectivity index (χ0) is 20.0. The molecule has 6 nitrogen and oxygen atoms in total. The number of ether oxygens (including phenoxy) is 1. The van der Waals surface area contributed by atoms with Crippen LogP contribution in [0.1, 0.15) is 0 Å². The lowest BCUT2D eigenvalue weighted by Crippen LogP contribution is -2.36. The Morgan fingerprint density at radius 1 is 1.17 bits per heavy atom. The van der Waals surface area contributed by atoms with Crippen LogP contribution in [0.5, 0.6) is 0 Å². The maximum absolute atomic E-state index is 12.2. The number of anilines is 1. The van der Waals surface area contributed by atoms with Crippen LogP contribution in [0.25, 0.3) is 33.2 Å². The van der Waals surface area contributed by atoms with E-state index in [9.17, 15) is 4.79 Å². The topological polar surface area (TPSA) is 59.4 Å². The van der Waals surface area contributed by atoms with E-state index in [0.29, 0.717) is 5.02 Å². The lowest BCUT2D eigenvalue weighted by atomic mass is 10.1. The number of nitrogens with zero attached hydrogens (tertiary/aromatic N) is 3. The van der Waals surface area contributed by atoms with E-state index in [-0.39, 0.29) is 11.8 Å². The van der Waals surface area contributed by atoms with Gasteiger partial charge in [-0.1, -0.05) is 17.7 Å². The Kier molecular flexibility index (Phi) is 4.70. The number of rotatable bonds is 3. The smallest absolute Gasteiger partial charge is 0.253 e. The van der Waals surface area contributed by atoms with Gasteiger partial charge in [-0.3, -0.25) is 14.9 Å². The zero-order valence-corrected chi connectivity index (χ0v) is 17.0. The van der Waals surface area contributed by atoms with Crippen molar-refractivity contribution in [2.75, 3.05) is 42.5 Å². The number of benzene rings is 2. The predicted octanol–water partition coefficient (Wildman–Crippen LogP) is 4.09. The molecular weight excluding hydrogens is 411 g/mol. The van der Waals surface area contributed by atoms with Crippen LogP contribution in [-0.2, 0) is 9.53 Å². The van der Waals surface area contributed by atoms with Gasteiger partial charge in [0.2, 0.25) is 0 Å². The van der Waals surface area contributed by atoms with Crippen molar-refractivity contribution in [1.29, 1.82) is 0 Å². The maximum atomic E-state index is 12.2. The highest BCUT2D eigenvalue weighted by Crippen LogP contribution is 2.38. The number of amides is 1. The fourth-order valence-electron chi connectivity index (χ4n) is 3.90. The largest absolute Gasteiger partial charge is 0.378 e. The molecule has 0 unspecified atom stereocenters. The summed E-state index contributed by atoms with van der Waals surface area (Å²) in [6.45, 7) is 3.14. The van der Waals surface area contributed by atoms with Gasteiger partial charge in [0.25, 0.3) is 5.91 Å². The number of hydrogen-bond acceptors (Lipinski definition) is 4. The van der Waals surface area contributed by atoms with Crippen molar-refractivity contribution >= 4 is 56.6 Å². The number of alkyl halides is 1. The Morgan fingerprint density at radius 3 is 2.79 bits per heavy atom. The first-order valence-corrected chi connectivity index (χ1v) is 10.3. The summed E-state index contributed by atoms with van der Waals surface area (Å²) in [6, 6.07) is 13.8. The number of carbonyl (C=O) groups is 1. The summed E-state index contributed by atoms with van der Waals surface area (Å²) in [5, 5.41) is 2.36. The summed E-state index contributed by atoms with van der Waals surface area (Å²) < 4.78 is 7.21. The van der Waals surface area contributed by atoms with Gasteiger partial charge in [-0.15, -0.1) is 11.6 Å². The van der Waals surface area contributed by atoms with Gasteiger partial charge in [-0.2, -0.15) is 0 Å². The first-order valence-electron chi connectivity index (χ1n) is 9.37. The standard InChI is InChI=1S/C21H18Cl2N4O2/c22-12-19(28)25-27-18-5-4-14(26-6-8-29-9-7-26)10-13(18)11-17-21(27)20-15(23)2-1-3-16(20)24-17/h1-5,10-11H,6-9,12H2,(H,25,28). The van der Waals surface area contributed by atoms with E-state index in [4.69, 9.17) is 32.9 Å². The molecule has 3 aliphatic heterocycles. The molecule has 1 saturated heterocycles. The molecular formula is C21H18Cl2N4O2. The Morgan fingerprint density at radius 2 is 2.00 bits per heavy atom. The second-order valence-electron chi connectivity index (χ2n) is 6.97. The van der Waals surface area contributed by atoms with Crippen LogP contribution in [0.2, 0.25) is 5.02 Å². The fraction of sp³-hybridized carbons (Fsp3) is 0.238. The molecule has 0 atom stereocenters. The highest BCUT2D eigenvalue weighted by atomic mass is 35.5. The first-order chi connectivity index (χ1) is 14.2. The van der Waals surface area contributed by atoms with Crippen LogP contribution in [0.4, 0.5) is 5.69 Å². The second kappa shape index (κ2) is 7.37. The highest BCUT2D eigenvalue weighted by molar-refractivity contribution is 6.36. The molecule has 8 heteroatoms. The molecule has 5 rings (SSSR count). The van der Waals surface area contributed by atoms with Crippen molar-refractivity contribution in [3.05, 3.63) is 47.5 Å². The molecule has 3 heterocycles. The van der Waals surface area contributed by atoms with Crippen LogP contribution in [0.15, 0.2) is 42.5 Å². The van der Waals surface area contributed by atoms with Crippen molar-refractivity contribution in [3.8, 4) is 11.4 Å². The van der Waals surface area contributed by atoms with Gasteiger partial charge in [0.05, 0.1) is 40.7 Å². The van der Waals surface area contributed by atoms with Crippen molar-refractivity contribution < 1.29 is 9.53 Å². The number of carbonyl (C=O) groups excluding carboxylic acids is 1. The maximum Gasteiger partial charge on any atom is 0.253 e. The molecule has 1 N–H and O–H groups in total. The molecule has 0 spiro atoms. The van der Waals surface area contributed by atoms with Gasteiger partial charge in [-0.05, 0) is 36.4 Å². The lowest BCUT2D eigenvalue weighted by Gasteiger charge is -2.29.